The SMILES string of the molecule is CC(OC(=O)CC=O)c1cccc2ccccc12. The fourth-order valence-electron chi connectivity index (χ4n) is 1.98. The van der Waals surface area contributed by atoms with Crippen LogP contribution in [0.4, 0.5) is 0 Å². The number of fused-ring (bicyclic) bond motifs is 1. The van der Waals surface area contributed by atoms with E-state index in [1.165, 1.54) is 0 Å². The number of carbonyl (C=O) groups excluding carboxylic acids is 2. The molecule has 92 valence electrons. The molecule has 0 spiro atoms. The van der Waals surface area contributed by atoms with Crippen LogP contribution < -0.4 is 0 Å². The Kier molecular flexibility index (Phi) is 3.72. The molecule has 2 aromatic carbocycles. The molecule has 18 heavy (non-hydrogen) atoms. The molecule has 0 aliphatic rings. The molecule has 0 bridgehead atoms. The van der Waals surface area contributed by atoms with Gasteiger partial charge in [0.15, 0.2) is 0 Å². The molecule has 0 aliphatic heterocycles. The van der Waals surface area contributed by atoms with Crippen LogP contribution in [0.1, 0.15) is 25.0 Å². The van der Waals surface area contributed by atoms with Crippen molar-refractivity contribution in [3.05, 3.63) is 48.0 Å². The molecule has 2 rings (SSSR count). The zero-order chi connectivity index (χ0) is 13.0. The fourth-order valence-corrected chi connectivity index (χ4v) is 1.98. The summed E-state index contributed by atoms with van der Waals surface area (Å²) >= 11 is 0. The minimum absolute atomic E-state index is 0.199. The van der Waals surface area contributed by atoms with Crippen LogP contribution in [0.25, 0.3) is 10.8 Å². The average Bonchev–Trinajstić information content (AvgIpc) is 2.38. The molecule has 0 saturated heterocycles. The maximum absolute atomic E-state index is 11.3. The lowest BCUT2D eigenvalue weighted by Gasteiger charge is -2.15. The molecule has 0 aliphatic carbocycles. The van der Waals surface area contributed by atoms with Crippen molar-refractivity contribution < 1.29 is 14.3 Å². The van der Waals surface area contributed by atoms with E-state index < -0.39 is 5.97 Å². The molecule has 0 saturated carbocycles. The first-order valence-electron chi connectivity index (χ1n) is 5.83. The van der Waals surface area contributed by atoms with Gasteiger partial charge in [-0.3, -0.25) is 4.79 Å². The van der Waals surface area contributed by atoms with Crippen molar-refractivity contribution in [2.45, 2.75) is 19.4 Å². The monoisotopic (exact) mass is 242 g/mol. The van der Waals surface area contributed by atoms with Gasteiger partial charge in [-0.15, -0.1) is 0 Å². The van der Waals surface area contributed by atoms with Crippen LogP contribution in [-0.2, 0) is 14.3 Å². The normalized spacial score (nSPS) is 12.1. The second kappa shape index (κ2) is 5.45. The van der Waals surface area contributed by atoms with E-state index in [1.807, 2.05) is 49.4 Å². The quantitative estimate of drug-likeness (QED) is 0.470. The second-order valence-electron chi connectivity index (χ2n) is 4.07. The molecule has 2 aromatic rings. The van der Waals surface area contributed by atoms with Crippen LogP contribution in [0.5, 0.6) is 0 Å². The predicted octanol–water partition coefficient (Wildman–Crippen LogP) is 3.03. The summed E-state index contributed by atoms with van der Waals surface area (Å²) in [5.41, 5.74) is 0.951. The number of carbonyl (C=O) groups is 2. The van der Waals surface area contributed by atoms with Crippen molar-refractivity contribution in [2.75, 3.05) is 0 Å². The largest absolute Gasteiger partial charge is 0.457 e. The van der Waals surface area contributed by atoms with E-state index in [4.69, 9.17) is 4.74 Å². The van der Waals surface area contributed by atoms with Gasteiger partial charge >= 0.3 is 5.97 Å². The zero-order valence-electron chi connectivity index (χ0n) is 10.1. The molecular weight excluding hydrogens is 228 g/mol. The number of rotatable bonds is 4. The zero-order valence-corrected chi connectivity index (χ0v) is 10.1. The Morgan fingerprint density at radius 3 is 2.72 bits per heavy atom. The minimum atomic E-state index is -0.495. The molecular formula is C15H14O3. The maximum atomic E-state index is 11.3. The third kappa shape index (κ3) is 2.56. The maximum Gasteiger partial charge on any atom is 0.313 e. The lowest BCUT2D eigenvalue weighted by Crippen LogP contribution is -2.09. The number of hydrogen-bond donors (Lipinski definition) is 0. The van der Waals surface area contributed by atoms with E-state index in [-0.39, 0.29) is 12.5 Å². The first-order chi connectivity index (χ1) is 8.72. The Hall–Kier alpha value is -2.16. The van der Waals surface area contributed by atoms with Gasteiger partial charge in [-0.25, -0.2) is 0 Å². The van der Waals surface area contributed by atoms with Gasteiger partial charge in [-0.05, 0) is 23.3 Å². The lowest BCUT2D eigenvalue weighted by molar-refractivity contribution is -0.149. The Bertz CT molecular complexity index is 569. The minimum Gasteiger partial charge on any atom is -0.457 e. The molecule has 3 nitrogen and oxygen atoms in total. The standard InChI is InChI=1S/C15H14O3/c1-11(18-15(17)9-10-16)13-8-4-6-12-5-2-3-7-14(12)13/h2-8,10-11H,9H2,1H3. The Morgan fingerprint density at radius 1 is 1.22 bits per heavy atom. The van der Waals surface area contributed by atoms with Gasteiger partial charge in [0.2, 0.25) is 0 Å². The van der Waals surface area contributed by atoms with Crippen molar-refractivity contribution >= 4 is 23.0 Å². The van der Waals surface area contributed by atoms with Gasteiger partial charge in [-0.2, -0.15) is 0 Å². The molecule has 0 amide bonds. The summed E-state index contributed by atoms with van der Waals surface area (Å²) < 4.78 is 5.21. The van der Waals surface area contributed by atoms with Gasteiger partial charge in [0.1, 0.15) is 18.8 Å². The molecule has 3 heteroatoms. The predicted molar refractivity (Wildman–Crippen MR) is 69.1 cm³/mol. The Labute approximate surface area is 105 Å². The van der Waals surface area contributed by atoms with Gasteiger partial charge in [0, 0.05) is 0 Å². The van der Waals surface area contributed by atoms with Gasteiger partial charge < -0.3 is 9.53 Å². The van der Waals surface area contributed by atoms with Gasteiger partial charge in [0.05, 0.1) is 0 Å². The summed E-state index contributed by atoms with van der Waals surface area (Å²) in [7, 11) is 0. The number of benzene rings is 2. The summed E-state index contributed by atoms with van der Waals surface area (Å²) in [4.78, 5) is 21.6. The van der Waals surface area contributed by atoms with Gasteiger partial charge in [0.25, 0.3) is 0 Å². The van der Waals surface area contributed by atoms with Crippen LogP contribution >= 0.6 is 0 Å². The summed E-state index contributed by atoms with van der Waals surface area (Å²) in [6, 6.07) is 13.8. The van der Waals surface area contributed by atoms with E-state index in [1.54, 1.807) is 0 Å². The van der Waals surface area contributed by atoms with Crippen molar-refractivity contribution in [1.82, 2.24) is 0 Å². The summed E-state index contributed by atoms with van der Waals surface area (Å²) in [5, 5.41) is 2.17. The highest BCUT2D eigenvalue weighted by atomic mass is 16.5. The molecule has 0 heterocycles. The molecule has 0 fully saturated rings. The highest BCUT2D eigenvalue weighted by Crippen LogP contribution is 2.26. The third-order valence-corrected chi connectivity index (χ3v) is 2.82. The van der Waals surface area contributed by atoms with Crippen LogP contribution in [0, 0.1) is 0 Å². The van der Waals surface area contributed by atoms with E-state index in [0.29, 0.717) is 6.29 Å². The second-order valence-corrected chi connectivity index (χ2v) is 4.07. The summed E-state index contributed by atoms with van der Waals surface area (Å²) in [6.07, 6.45) is -0.00340. The van der Waals surface area contributed by atoms with Crippen LogP contribution in [0.15, 0.2) is 42.5 Å². The molecule has 1 atom stereocenters. The van der Waals surface area contributed by atoms with Crippen LogP contribution in [0.3, 0.4) is 0 Å². The Balaban J connectivity index is 2.30. The molecule has 0 radical (unpaired) electrons. The number of aldehydes is 1. The van der Waals surface area contributed by atoms with Crippen molar-refractivity contribution in [1.29, 1.82) is 0 Å². The van der Waals surface area contributed by atoms with Crippen LogP contribution in [0.2, 0.25) is 0 Å². The number of esters is 1. The highest BCUT2D eigenvalue weighted by molar-refractivity contribution is 5.87. The van der Waals surface area contributed by atoms with E-state index in [0.717, 1.165) is 16.3 Å². The third-order valence-electron chi connectivity index (χ3n) is 2.82. The van der Waals surface area contributed by atoms with E-state index in [2.05, 4.69) is 0 Å². The van der Waals surface area contributed by atoms with E-state index >= 15 is 0 Å². The van der Waals surface area contributed by atoms with Crippen molar-refractivity contribution in [3.8, 4) is 0 Å². The first kappa shape index (κ1) is 12.3. The Morgan fingerprint density at radius 2 is 1.94 bits per heavy atom. The topological polar surface area (TPSA) is 43.4 Å². The highest BCUT2D eigenvalue weighted by Gasteiger charge is 2.13. The molecule has 0 N–H and O–H groups in total. The average molecular weight is 242 g/mol. The van der Waals surface area contributed by atoms with Crippen molar-refractivity contribution in [2.24, 2.45) is 0 Å². The fraction of sp³-hybridized carbons (Fsp3) is 0.200. The molecule has 1 unspecified atom stereocenters. The first-order valence-corrected chi connectivity index (χ1v) is 5.83. The number of ether oxygens (including phenoxy) is 1. The van der Waals surface area contributed by atoms with Crippen LogP contribution in [-0.4, -0.2) is 12.3 Å². The van der Waals surface area contributed by atoms with Gasteiger partial charge in [-0.1, -0.05) is 42.5 Å². The summed E-state index contributed by atoms with van der Waals surface area (Å²) in [6.45, 7) is 1.81. The van der Waals surface area contributed by atoms with E-state index in [9.17, 15) is 9.59 Å². The lowest BCUT2D eigenvalue weighted by atomic mass is 10.0. The summed E-state index contributed by atoms with van der Waals surface area (Å²) in [5.74, 6) is -0.495. The van der Waals surface area contributed by atoms with Crippen molar-refractivity contribution in [3.63, 3.8) is 0 Å². The smallest absolute Gasteiger partial charge is 0.313 e. The number of hydrogen-bond acceptors (Lipinski definition) is 3. The molecule has 0 aromatic heterocycles.